The molecule has 0 aliphatic carbocycles. The molecule has 0 saturated carbocycles. The maximum absolute atomic E-state index is 13.6. The molecule has 0 unspecified atom stereocenters. The highest BCUT2D eigenvalue weighted by atomic mass is 32.1. The highest BCUT2D eigenvalue weighted by Crippen LogP contribution is 2.27. The number of H-pyrrole nitrogens is 1. The van der Waals surface area contributed by atoms with E-state index in [4.69, 9.17) is 17.0 Å². The van der Waals surface area contributed by atoms with Crippen molar-refractivity contribution in [1.29, 1.82) is 0 Å². The molecule has 1 heterocycles. The molecular weight excluding hydrogens is 275 g/mol. The van der Waals surface area contributed by atoms with Crippen molar-refractivity contribution in [2.24, 2.45) is 0 Å². The number of benzene rings is 2. The molecule has 0 saturated heterocycles. The Morgan fingerprint density at radius 3 is 2.75 bits per heavy atom. The maximum Gasteiger partial charge on any atom is 0.182 e. The van der Waals surface area contributed by atoms with E-state index in [-0.39, 0.29) is 5.82 Å². The lowest BCUT2D eigenvalue weighted by molar-refractivity contribution is 0.419. The van der Waals surface area contributed by atoms with E-state index < -0.39 is 0 Å². The number of fused-ring (bicyclic) bond motifs is 1. The molecule has 20 heavy (non-hydrogen) atoms. The first-order chi connectivity index (χ1) is 9.60. The summed E-state index contributed by atoms with van der Waals surface area (Å²) in [6.07, 6.45) is 0. The Kier molecular flexibility index (Phi) is 3.06. The zero-order valence-electron chi connectivity index (χ0n) is 11.1. The van der Waals surface area contributed by atoms with Gasteiger partial charge < -0.3 is 9.72 Å². The second-order valence-electron chi connectivity index (χ2n) is 4.61. The van der Waals surface area contributed by atoms with Crippen LogP contribution in [0.15, 0.2) is 36.4 Å². The van der Waals surface area contributed by atoms with E-state index in [1.807, 2.05) is 35.8 Å². The Balaban J connectivity index is 2.36. The van der Waals surface area contributed by atoms with Gasteiger partial charge in [-0.3, -0.25) is 4.57 Å². The molecule has 3 nitrogen and oxygen atoms in total. The Bertz CT molecular complexity index is 830. The van der Waals surface area contributed by atoms with Crippen molar-refractivity contribution in [2.45, 2.75) is 6.92 Å². The molecule has 0 atom stereocenters. The zero-order valence-corrected chi connectivity index (χ0v) is 11.9. The van der Waals surface area contributed by atoms with Gasteiger partial charge in [-0.05, 0) is 55.0 Å². The van der Waals surface area contributed by atoms with Crippen LogP contribution in [-0.2, 0) is 0 Å². The van der Waals surface area contributed by atoms with Gasteiger partial charge in [0.1, 0.15) is 17.1 Å². The lowest BCUT2D eigenvalue weighted by Gasteiger charge is -2.07. The average molecular weight is 288 g/mol. The molecule has 0 fully saturated rings. The molecule has 0 spiro atoms. The topological polar surface area (TPSA) is 29.9 Å². The van der Waals surface area contributed by atoms with Crippen molar-refractivity contribution in [1.82, 2.24) is 9.55 Å². The van der Waals surface area contributed by atoms with Crippen LogP contribution >= 0.6 is 12.2 Å². The lowest BCUT2D eigenvalue weighted by Crippen LogP contribution is -1.96. The molecule has 5 heteroatoms. The Morgan fingerprint density at radius 1 is 1.25 bits per heavy atom. The largest absolute Gasteiger partial charge is 0.494 e. The van der Waals surface area contributed by atoms with E-state index in [2.05, 4.69) is 4.98 Å². The van der Waals surface area contributed by atoms with Crippen molar-refractivity contribution < 1.29 is 9.13 Å². The number of aromatic amines is 1. The third-order valence-electron chi connectivity index (χ3n) is 3.19. The molecule has 2 aromatic carbocycles. The number of hydrogen-bond donors (Lipinski definition) is 1. The molecule has 0 bridgehead atoms. The zero-order chi connectivity index (χ0) is 14.3. The van der Waals surface area contributed by atoms with E-state index in [9.17, 15) is 4.39 Å². The third kappa shape index (κ3) is 2.00. The summed E-state index contributed by atoms with van der Waals surface area (Å²) in [5, 5.41) is 0. The van der Waals surface area contributed by atoms with Gasteiger partial charge >= 0.3 is 0 Å². The van der Waals surface area contributed by atoms with Crippen LogP contribution in [0, 0.1) is 17.5 Å². The number of methoxy groups -OCH3 is 1. The Labute approximate surface area is 120 Å². The van der Waals surface area contributed by atoms with Crippen LogP contribution in [0.4, 0.5) is 4.39 Å². The van der Waals surface area contributed by atoms with Gasteiger partial charge in [-0.15, -0.1) is 0 Å². The number of halogens is 1. The van der Waals surface area contributed by atoms with Crippen LogP contribution in [0.3, 0.4) is 0 Å². The molecule has 3 aromatic rings. The first-order valence-electron chi connectivity index (χ1n) is 6.15. The summed E-state index contributed by atoms with van der Waals surface area (Å²) in [5.41, 5.74) is 3.22. The van der Waals surface area contributed by atoms with Crippen molar-refractivity contribution in [3.63, 3.8) is 0 Å². The summed E-state index contributed by atoms with van der Waals surface area (Å²) in [4.78, 5) is 3.11. The number of imidazole rings is 1. The third-order valence-corrected chi connectivity index (χ3v) is 3.47. The van der Waals surface area contributed by atoms with Crippen molar-refractivity contribution in [2.75, 3.05) is 7.11 Å². The van der Waals surface area contributed by atoms with Gasteiger partial charge in [0.05, 0.1) is 18.3 Å². The van der Waals surface area contributed by atoms with Gasteiger partial charge in [0, 0.05) is 0 Å². The summed E-state index contributed by atoms with van der Waals surface area (Å²) in [6.45, 7) is 1.85. The van der Waals surface area contributed by atoms with Gasteiger partial charge in [0.15, 0.2) is 4.77 Å². The molecular formula is C15H13FN2OS. The molecule has 0 aliphatic heterocycles. The minimum Gasteiger partial charge on any atom is -0.494 e. The SMILES string of the molecule is COc1cccc2c1[nH]c(=S)n2-c1cc(C)cc(F)c1. The summed E-state index contributed by atoms with van der Waals surface area (Å²) in [6, 6.07) is 10.5. The smallest absolute Gasteiger partial charge is 0.182 e. The summed E-state index contributed by atoms with van der Waals surface area (Å²) >= 11 is 5.36. The van der Waals surface area contributed by atoms with Crippen LogP contribution in [-0.4, -0.2) is 16.7 Å². The van der Waals surface area contributed by atoms with Crippen molar-refractivity contribution in [3.05, 3.63) is 52.5 Å². The van der Waals surface area contributed by atoms with E-state index in [1.54, 1.807) is 7.11 Å². The molecule has 102 valence electrons. The van der Waals surface area contributed by atoms with Crippen LogP contribution in [0.5, 0.6) is 5.75 Å². The predicted molar refractivity (Wildman–Crippen MR) is 79.7 cm³/mol. The summed E-state index contributed by atoms with van der Waals surface area (Å²) in [7, 11) is 1.61. The minimum absolute atomic E-state index is 0.279. The highest BCUT2D eigenvalue weighted by Gasteiger charge is 2.11. The maximum atomic E-state index is 13.6. The van der Waals surface area contributed by atoms with Crippen LogP contribution in [0.1, 0.15) is 5.56 Å². The van der Waals surface area contributed by atoms with Gasteiger partial charge in [-0.1, -0.05) is 6.07 Å². The molecule has 1 aromatic heterocycles. The van der Waals surface area contributed by atoms with Crippen molar-refractivity contribution in [3.8, 4) is 11.4 Å². The molecule has 1 N–H and O–H groups in total. The van der Waals surface area contributed by atoms with E-state index >= 15 is 0 Å². The van der Waals surface area contributed by atoms with E-state index in [0.717, 1.165) is 16.6 Å². The quantitative estimate of drug-likeness (QED) is 0.718. The van der Waals surface area contributed by atoms with Crippen LogP contribution in [0.25, 0.3) is 16.7 Å². The number of ether oxygens (including phenoxy) is 1. The normalized spacial score (nSPS) is 10.9. The number of para-hydroxylation sites is 1. The van der Waals surface area contributed by atoms with Crippen molar-refractivity contribution >= 4 is 23.3 Å². The first kappa shape index (κ1) is 12.9. The summed E-state index contributed by atoms with van der Waals surface area (Å²) < 4.78 is 21.2. The van der Waals surface area contributed by atoms with Gasteiger partial charge in [0.25, 0.3) is 0 Å². The number of aryl methyl sites for hydroxylation is 1. The van der Waals surface area contributed by atoms with Crippen LogP contribution < -0.4 is 4.74 Å². The van der Waals surface area contributed by atoms with Gasteiger partial charge in [0.2, 0.25) is 0 Å². The first-order valence-corrected chi connectivity index (χ1v) is 6.56. The Morgan fingerprint density at radius 2 is 2.05 bits per heavy atom. The molecule has 0 radical (unpaired) electrons. The van der Waals surface area contributed by atoms with Gasteiger partial charge in [-0.25, -0.2) is 4.39 Å². The number of rotatable bonds is 2. The second-order valence-corrected chi connectivity index (χ2v) is 4.99. The van der Waals surface area contributed by atoms with Gasteiger partial charge in [-0.2, -0.15) is 0 Å². The monoisotopic (exact) mass is 288 g/mol. The van der Waals surface area contributed by atoms with Crippen LogP contribution in [0.2, 0.25) is 0 Å². The molecule has 0 amide bonds. The highest BCUT2D eigenvalue weighted by molar-refractivity contribution is 7.71. The second kappa shape index (κ2) is 4.76. The number of aromatic nitrogens is 2. The summed E-state index contributed by atoms with van der Waals surface area (Å²) in [5.74, 6) is 0.430. The average Bonchev–Trinajstić information content (AvgIpc) is 2.73. The molecule has 0 aliphatic rings. The fourth-order valence-electron chi connectivity index (χ4n) is 2.38. The lowest BCUT2D eigenvalue weighted by atomic mass is 10.2. The van der Waals surface area contributed by atoms with E-state index in [0.29, 0.717) is 16.2 Å². The standard InChI is InChI=1S/C15H13FN2OS/c1-9-6-10(16)8-11(7-9)18-12-4-3-5-13(19-2)14(12)17-15(18)20/h3-8H,1-2H3,(H,17,20). The predicted octanol–water partition coefficient (Wildman–Crippen LogP) is 4.14. The number of hydrogen-bond acceptors (Lipinski definition) is 2. The number of nitrogens with one attached hydrogen (secondary N) is 1. The Hall–Kier alpha value is -2.14. The van der Waals surface area contributed by atoms with E-state index in [1.165, 1.54) is 12.1 Å². The fourth-order valence-corrected chi connectivity index (χ4v) is 2.68. The minimum atomic E-state index is -0.279. The molecule has 3 rings (SSSR count). The number of nitrogens with zero attached hydrogens (tertiary/aromatic N) is 1. The fraction of sp³-hybridized carbons (Fsp3) is 0.133.